The Morgan fingerprint density at radius 2 is 1.12 bits per heavy atom. The van der Waals surface area contributed by atoms with E-state index < -0.39 is 20.0 Å². The average Bonchev–Trinajstić information content (AvgIpc) is 2.95. The van der Waals surface area contributed by atoms with Gasteiger partial charge < -0.3 is 0 Å². The maximum absolute atomic E-state index is 14.0. The molecule has 0 radical (unpaired) electrons. The maximum Gasteiger partial charge on any atom is 0.279 e. The lowest BCUT2D eigenvalue weighted by Gasteiger charge is -2.35. The quantitative estimate of drug-likeness (QED) is 0.248. The fraction of sp³-hybridized carbons (Fsp3) is 0.207. The van der Waals surface area contributed by atoms with Crippen LogP contribution in [0.2, 0.25) is 10.0 Å². The van der Waals surface area contributed by atoms with Crippen molar-refractivity contribution in [1.29, 1.82) is 0 Å². The summed E-state index contributed by atoms with van der Waals surface area (Å²) in [6, 6.07) is 22.1. The molecule has 0 bridgehead atoms. The predicted octanol–water partition coefficient (Wildman–Crippen LogP) is 5.29. The van der Waals surface area contributed by atoms with Crippen molar-refractivity contribution in [2.45, 2.75) is 22.9 Å². The van der Waals surface area contributed by atoms with Gasteiger partial charge in [0.15, 0.2) is 0 Å². The van der Waals surface area contributed by atoms with Gasteiger partial charge in [0.05, 0.1) is 15.7 Å². The summed E-state index contributed by atoms with van der Waals surface area (Å²) in [6.07, 6.45) is 3.58. The third-order valence-electron chi connectivity index (χ3n) is 6.81. The summed E-state index contributed by atoms with van der Waals surface area (Å²) >= 11 is 12.5. The van der Waals surface area contributed by atoms with Gasteiger partial charge in [-0.25, -0.2) is 0 Å². The van der Waals surface area contributed by atoms with Gasteiger partial charge in [0.25, 0.3) is 20.0 Å². The first-order chi connectivity index (χ1) is 19.7. The van der Waals surface area contributed by atoms with Crippen molar-refractivity contribution in [1.82, 2.24) is 14.8 Å². The van der Waals surface area contributed by atoms with Crippen molar-refractivity contribution in [3.8, 4) is 0 Å². The minimum Gasteiger partial charge on any atom is -0.297 e. The van der Waals surface area contributed by atoms with E-state index in [0.717, 1.165) is 38.3 Å². The lowest BCUT2D eigenvalue weighted by Crippen LogP contribution is -2.45. The number of benzene rings is 3. The lowest BCUT2D eigenvalue weighted by molar-refractivity contribution is 0.122. The molecule has 214 valence electrons. The number of nitrogens with zero attached hydrogens (tertiary/aromatic N) is 4. The van der Waals surface area contributed by atoms with Crippen LogP contribution < -0.4 is 3.71 Å². The van der Waals surface area contributed by atoms with Gasteiger partial charge in [-0.05, 0) is 59.7 Å². The minimum atomic E-state index is -4.66. The predicted molar refractivity (Wildman–Crippen MR) is 161 cm³/mol. The Hall–Kier alpha value is -2.99. The summed E-state index contributed by atoms with van der Waals surface area (Å²) in [6.45, 7) is 4.75. The molecule has 1 aliphatic heterocycles. The molecule has 8 nitrogen and oxygen atoms in total. The summed E-state index contributed by atoms with van der Waals surface area (Å²) < 4.78 is 56.3. The molecule has 1 aromatic heterocycles. The molecule has 0 saturated carbocycles. The van der Waals surface area contributed by atoms with Gasteiger partial charge >= 0.3 is 0 Å². The third kappa shape index (κ3) is 6.58. The van der Waals surface area contributed by atoms with E-state index in [1.165, 1.54) is 48.0 Å². The van der Waals surface area contributed by atoms with Crippen LogP contribution >= 0.6 is 23.2 Å². The van der Waals surface area contributed by atoms with Crippen LogP contribution in [-0.2, 0) is 33.1 Å². The molecule has 0 unspecified atom stereocenters. The van der Waals surface area contributed by atoms with Crippen molar-refractivity contribution in [2.24, 2.45) is 0 Å². The van der Waals surface area contributed by atoms with Gasteiger partial charge in [-0.2, -0.15) is 20.5 Å². The Morgan fingerprint density at radius 1 is 0.634 bits per heavy atom. The van der Waals surface area contributed by atoms with Crippen LogP contribution in [0.3, 0.4) is 0 Å². The van der Waals surface area contributed by atoms with Crippen LogP contribution in [0.4, 0.5) is 5.69 Å². The van der Waals surface area contributed by atoms with Gasteiger partial charge in [-0.3, -0.25) is 14.8 Å². The van der Waals surface area contributed by atoms with Gasteiger partial charge in [-0.15, -0.1) is 0 Å². The van der Waals surface area contributed by atoms with E-state index >= 15 is 0 Å². The Labute approximate surface area is 250 Å². The first-order valence-corrected chi connectivity index (χ1v) is 16.5. The topological polar surface area (TPSA) is 90.9 Å². The molecule has 4 aromatic rings. The van der Waals surface area contributed by atoms with E-state index in [1.807, 2.05) is 18.2 Å². The number of piperazine rings is 1. The van der Waals surface area contributed by atoms with E-state index in [-0.39, 0.29) is 25.5 Å². The number of pyridine rings is 1. The Balaban J connectivity index is 1.44. The number of aromatic nitrogens is 1. The summed E-state index contributed by atoms with van der Waals surface area (Å²) in [5.74, 6) is 0. The second kappa shape index (κ2) is 12.5. The molecule has 5 rings (SSSR count). The highest BCUT2D eigenvalue weighted by Crippen LogP contribution is 2.36. The zero-order valence-corrected chi connectivity index (χ0v) is 25.1. The molecular formula is C29H28Cl2N4O4S2. The SMILES string of the molecule is O=S(=O)(c1ccccc1Cl)N(c1cccc(CN2CCN(Cc3ccncc3)CC2)c1)S(=O)(=O)c1ccccc1Cl. The molecule has 0 spiro atoms. The maximum atomic E-state index is 14.0. The molecule has 12 heteroatoms. The highest BCUT2D eigenvalue weighted by Gasteiger charge is 2.39. The fourth-order valence-corrected chi connectivity index (χ4v) is 9.41. The summed E-state index contributed by atoms with van der Waals surface area (Å²) in [5.41, 5.74) is 1.96. The van der Waals surface area contributed by atoms with Gasteiger partial charge in [0, 0.05) is 51.7 Å². The molecule has 41 heavy (non-hydrogen) atoms. The minimum absolute atomic E-state index is 0.0290. The molecule has 1 aliphatic rings. The molecule has 0 aliphatic carbocycles. The second-order valence-electron chi connectivity index (χ2n) is 9.65. The smallest absolute Gasteiger partial charge is 0.279 e. The van der Waals surface area contributed by atoms with E-state index in [9.17, 15) is 16.8 Å². The van der Waals surface area contributed by atoms with Crippen molar-refractivity contribution in [3.63, 3.8) is 0 Å². The van der Waals surface area contributed by atoms with Crippen LogP contribution in [-0.4, -0.2) is 57.8 Å². The lowest BCUT2D eigenvalue weighted by atomic mass is 10.1. The largest absolute Gasteiger partial charge is 0.297 e. The molecule has 2 heterocycles. The van der Waals surface area contributed by atoms with Gasteiger partial charge in [0.1, 0.15) is 9.79 Å². The zero-order chi connectivity index (χ0) is 29.0. The van der Waals surface area contributed by atoms with E-state index in [0.29, 0.717) is 10.3 Å². The highest BCUT2D eigenvalue weighted by molar-refractivity contribution is 8.10. The van der Waals surface area contributed by atoms with Crippen LogP contribution in [0.25, 0.3) is 0 Å². The molecule has 0 amide bonds. The Bertz CT molecular complexity index is 1660. The number of hydrogen-bond donors (Lipinski definition) is 0. The van der Waals surface area contributed by atoms with Crippen molar-refractivity contribution >= 4 is 48.9 Å². The number of anilines is 1. The van der Waals surface area contributed by atoms with Gasteiger partial charge in [0.2, 0.25) is 0 Å². The van der Waals surface area contributed by atoms with Crippen molar-refractivity contribution < 1.29 is 16.8 Å². The highest BCUT2D eigenvalue weighted by atomic mass is 35.5. The molecule has 1 fully saturated rings. The van der Waals surface area contributed by atoms with E-state index in [1.54, 1.807) is 36.7 Å². The molecule has 0 N–H and O–H groups in total. The van der Waals surface area contributed by atoms with E-state index in [2.05, 4.69) is 14.8 Å². The third-order valence-corrected chi connectivity index (χ3v) is 12.0. The normalized spacial score (nSPS) is 15.1. The second-order valence-corrected chi connectivity index (χ2v) is 14.2. The Morgan fingerprint density at radius 3 is 1.63 bits per heavy atom. The fourth-order valence-electron chi connectivity index (χ4n) is 4.77. The molecule has 0 atom stereocenters. The van der Waals surface area contributed by atoms with Crippen LogP contribution in [0, 0.1) is 0 Å². The van der Waals surface area contributed by atoms with Crippen LogP contribution in [0.1, 0.15) is 11.1 Å². The Kier molecular flexibility index (Phi) is 8.98. The molecule has 1 saturated heterocycles. The zero-order valence-electron chi connectivity index (χ0n) is 22.0. The number of sulfonamides is 2. The molecule has 3 aromatic carbocycles. The van der Waals surface area contributed by atoms with Crippen LogP contribution in [0.5, 0.6) is 0 Å². The van der Waals surface area contributed by atoms with Crippen LogP contribution in [0.15, 0.2) is 107 Å². The van der Waals surface area contributed by atoms with Crippen molar-refractivity contribution in [3.05, 3.63) is 118 Å². The van der Waals surface area contributed by atoms with Gasteiger partial charge in [-0.1, -0.05) is 59.6 Å². The number of hydrogen-bond acceptors (Lipinski definition) is 7. The summed E-state index contributed by atoms with van der Waals surface area (Å²) in [7, 11) is -9.33. The molecular weight excluding hydrogens is 603 g/mol. The standard InChI is InChI=1S/C29H28Cl2N4O4S2/c30-26-8-1-3-10-28(26)40(36,37)35(41(38,39)29-11-4-2-9-27(29)31)25-7-5-6-24(20-25)22-34-18-16-33(17-19-34)21-23-12-14-32-15-13-23/h1-15,20H,16-19,21-22H2. The summed E-state index contributed by atoms with van der Waals surface area (Å²) in [5, 5.41) is -0.180. The average molecular weight is 632 g/mol. The number of halogens is 2. The monoisotopic (exact) mass is 630 g/mol. The van der Waals surface area contributed by atoms with E-state index in [4.69, 9.17) is 23.2 Å². The number of rotatable bonds is 9. The first-order valence-electron chi connectivity index (χ1n) is 12.9. The summed E-state index contributed by atoms with van der Waals surface area (Å²) in [4.78, 5) is 8.05. The first kappa shape index (κ1) is 29.5. The van der Waals surface area contributed by atoms with Crippen molar-refractivity contribution in [2.75, 3.05) is 29.9 Å².